The van der Waals surface area contributed by atoms with E-state index >= 15 is 0 Å². The number of carbonyl (C=O) groups is 2. The van der Waals surface area contributed by atoms with Crippen LogP contribution in [0, 0.1) is 17.6 Å². The van der Waals surface area contributed by atoms with Crippen molar-refractivity contribution in [1.29, 1.82) is 0 Å². The molecule has 0 spiro atoms. The van der Waals surface area contributed by atoms with E-state index in [0.717, 1.165) is 53.8 Å². The summed E-state index contributed by atoms with van der Waals surface area (Å²) in [5.74, 6) is -3.22. The summed E-state index contributed by atoms with van der Waals surface area (Å²) in [7, 11) is 3.24. The number of methoxy groups -OCH3 is 2. The minimum absolute atomic E-state index is 0.0458. The van der Waals surface area contributed by atoms with Crippen LogP contribution in [0.5, 0.6) is 5.75 Å². The second-order valence-corrected chi connectivity index (χ2v) is 10.7. The number of ether oxygens (including phenoxy) is 3. The average Bonchev–Trinajstić information content (AvgIpc) is 3.79. The van der Waals surface area contributed by atoms with Crippen molar-refractivity contribution in [3.63, 3.8) is 0 Å². The normalized spacial score (nSPS) is 20.6. The molecule has 1 heterocycles. The Kier molecular flexibility index (Phi) is 10.2. The monoisotopic (exact) mass is 576 g/mol. The summed E-state index contributed by atoms with van der Waals surface area (Å²) >= 11 is 0. The molecule has 2 N–H and O–H groups in total. The highest BCUT2D eigenvalue weighted by Gasteiger charge is 2.51. The lowest BCUT2D eigenvalue weighted by Gasteiger charge is -2.45. The summed E-state index contributed by atoms with van der Waals surface area (Å²) in [5, 5.41) is 21.5. The molecule has 1 aliphatic carbocycles. The first-order chi connectivity index (χ1) is 19.7. The molecule has 2 amide bonds. The Morgan fingerprint density at radius 1 is 1.02 bits per heavy atom. The van der Waals surface area contributed by atoms with E-state index in [1.165, 1.54) is 6.07 Å². The van der Waals surface area contributed by atoms with Crippen molar-refractivity contribution in [3.8, 4) is 5.75 Å². The zero-order chi connectivity index (χ0) is 29.6. The SMILES string of the molecule is COCCCc1cc(CN(C(=O)[C@H]2CN(C(=O)O)CC[C@]2(O)c2ccc(F)c(F)c2)C2CC2)cc(OCCOC)c1. The third kappa shape index (κ3) is 7.52. The number of carbonyl (C=O) groups excluding carboxylic acids is 1. The van der Waals surface area contributed by atoms with E-state index in [-0.39, 0.29) is 37.7 Å². The van der Waals surface area contributed by atoms with Crippen molar-refractivity contribution < 1.29 is 42.8 Å². The molecule has 2 aromatic rings. The van der Waals surface area contributed by atoms with E-state index in [9.17, 15) is 28.6 Å². The highest BCUT2D eigenvalue weighted by Crippen LogP contribution is 2.41. The van der Waals surface area contributed by atoms with Crippen molar-refractivity contribution in [1.82, 2.24) is 9.80 Å². The van der Waals surface area contributed by atoms with Gasteiger partial charge in [-0.2, -0.15) is 0 Å². The van der Waals surface area contributed by atoms with Gasteiger partial charge in [-0.3, -0.25) is 4.79 Å². The fourth-order valence-electron chi connectivity index (χ4n) is 5.39. The molecule has 1 saturated heterocycles. The van der Waals surface area contributed by atoms with Crippen LogP contribution in [0.2, 0.25) is 0 Å². The van der Waals surface area contributed by atoms with Crippen LogP contribution in [0.15, 0.2) is 36.4 Å². The average molecular weight is 577 g/mol. The van der Waals surface area contributed by atoms with E-state index < -0.39 is 35.2 Å². The Labute approximate surface area is 238 Å². The lowest BCUT2D eigenvalue weighted by molar-refractivity contribution is -0.154. The first-order valence-electron chi connectivity index (χ1n) is 13.9. The number of likely N-dealkylation sites (tertiary alicyclic amines) is 1. The summed E-state index contributed by atoms with van der Waals surface area (Å²) < 4.78 is 44.1. The van der Waals surface area contributed by atoms with Gasteiger partial charge < -0.3 is 34.2 Å². The Hall–Kier alpha value is -3.28. The lowest BCUT2D eigenvalue weighted by atomic mass is 9.75. The third-order valence-corrected chi connectivity index (χ3v) is 7.75. The Balaban J connectivity index is 1.65. The minimum atomic E-state index is -1.87. The molecule has 2 aliphatic rings. The smallest absolute Gasteiger partial charge is 0.407 e. The molecule has 0 aromatic heterocycles. The Morgan fingerprint density at radius 3 is 2.41 bits per heavy atom. The Bertz CT molecular complexity index is 1200. The van der Waals surface area contributed by atoms with Crippen molar-refractivity contribution in [3.05, 3.63) is 64.7 Å². The van der Waals surface area contributed by atoms with Crippen molar-refractivity contribution in [2.24, 2.45) is 5.92 Å². The number of benzene rings is 2. The zero-order valence-corrected chi connectivity index (χ0v) is 23.5. The van der Waals surface area contributed by atoms with Gasteiger partial charge in [0, 0.05) is 46.5 Å². The van der Waals surface area contributed by atoms with Crippen LogP contribution in [-0.2, 0) is 32.8 Å². The van der Waals surface area contributed by atoms with Gasteiger partial charge in [-0.15, -0.1) is 0 Å². The number of halogens is 2. The van der Waals surface area contributed by atoms with Crippen LogP contribution in [0.3, 0.4) is 0 Å². The van der Waals surface area contributed by atoms with Gasteiger partial charge in [0.15, 0.2) is 11.6 Å². The number of hydrogen-bond acceptors (Lipinski definition) is 6. The molecule has 1 aliphatic heterocycles. The molecule has 41 heavy (non-hydrogen) atoms. The summed E-state index contributed by atoms with van der Waals surface area (Å²) in [5.41, 5.74) is 0.0174. The zero-order valence-electron chi connectivity index (χ0n) is 23.5. The van der Waals surface area contributed by atoms with E-state index in [1.54, 1.807) is 19.1 Å². The molecule has 0 bridgehead atoms. The second-order valence-electron chi connectivity index (χ2n) is 10.7. The molecule has 4 rings (SSSR count). The second kappa shape index (κ2) is 13.6. The maximum atomic E-state index is 14.2. The van der Waals surface area contributed by atoms with Gasteiger partial charge in [0.1, 0.15) is 18.0 Å². The molecule has 2 atom stereocenters. The van der Waals surface area contributed by atoms with E-state index in [4.69, 9.17) is 14.2 Å². The van der Waals surface area contributed by atoms with Crippen molar-refractivity contribution in [2.75, 3.05) is 47.1 Å². The lowest BCUT2D eigenvalue weighted by Crippen LogP contribution is -2.57. The van der Waals surface area contributed by atoms with E-state index in [2.05, 4.69) is 0 Å². The molecule has 2 aromatic carbocycles. The number of nitrogens with zero attached hydrogens (tertiary/aromatic N) is 2. The molecular weight excluding hydrogens is 538 g/mol. The minimum Gasteiger partial charge on any atom is -0.491 e. The molecule has 1 saturated carbocycles. The van der Waals surface area contributed by atoms with Gasteiger partial charge >= 0.3 is 6.09 Å². The maximum absolute atomic E-state index is 14.2. The van der Waals surface area contributed by atoms with Gasteiger partial charge in [0.25, 0.3) is 0 Å². The van der Waals surface area contributed by atoms with Gasteiger partial charge in [0.2, 0.25) is 5.91 Å². The van der Waals surface area contributed by atoms with E-state index in [1.807, 2.05) is 18.2 Å². The van der Waals surface area contributed by atoms with Gasteiger partial charge in [-0.05, 0) is 73.1 Å². The maximum Gasteiger partial charge on any atom is 0.407 e. The van der Waals surface area contributed by atoms with Gasteiger partial charge in [-0.1, -0.05) is 12.1 Å². The van der Waals surface area contributed by atoms with Gasteiger partial charge in [-0.25, -0.2) is 13.6 Å². The van der Waals surface area contributed by atoms with Gasteiger partial charge in [0.05, 0.1) is 12.5 Å². The summed E-state index contributed by atoms with van der Waals surface area (Å²) in [6.45, 7) is 1.27. The molecule has 9 nitrogen and oxygen atoms in total. The number of hydrogen-bond donors (Lipinski definition) is 2. The van der Waals surface area contributed by atoms with Crippen LogP contribution in [0.1, 0.15) is 42.4 Å². The summed E-state index contributed by atoms with van der Waals surface area (Å²) in [6, 6.07) is 8.80. The van der Waals surface area contributed by atoms with Crippen LogP contribution < -0.4 is 4.74 Å². The standard InChI is InChI=1S/C30H38F2N2O7/c1-39-11-3-4-20-14-21(16-24(15-20)41-13-12-40-2)18-34(23-6-7-23)28(35)25-19-33(29(36)37)10-9-30(25,38)22-5-8-26(31)27(32)17-22/h5,8,14-17,23,25,38H,3-4,6-7,9-13,18-19H2,1-2H3,(H,36,37)/t25-,30+/m1/s1. The molecule has 224 valence electrons. The predicted octanol–water partition coefficient (Wildman–Crippen LogP) is 3.95. The number of carboxylic acid groups (broad SMARTS) is 1. The first kappa shape index (κ1) is 30.7. The fraction of sp³-hybridized carbons (Fsp3) is 0.533. The molecule has 0 radical (unpaired) electrons. The quantitative estimate of drug-likeness (QED) is 0.348. The number of amides is 2. The largest absolute Gasteiger partial charge is 0.491 e. The highest BCUT2D eigenvalue weighted by atomic mass is 19.2. The molecule has 0 unspecified atom stereocenters. The molecular formula is C30H38F2N2O7. The highest BCUT2D eigenvalue weighted by molar-refractivity contribution is 5.82. The van der Waals surface area contributed by atoms with E-state index in [0.29, 0.717) is 25.6 Å². The van der Waals surface area contributed by atoms with Crippen LogP contribution in [-0.4, -0.2) is 85.2 Å². The topological polar surface area (TPSA) is 109 Å². The number of rotatable bonds is 13. The van der Waals surface area contributed by atoms with Crippen molar-refractivity contribution >= 4 is 12.0 Å². The van der Waals surface area contributed by atoms with Crippen LogP contribution in [0.4, 0.5) is 13.6 Å². The number of piperidine rings is 1. The van der Waals surface area contributed by atoms with Crippen LogP contribution >= 0.6 is 0 Å². The van der Waals surface area contributed by atoms with Crippen LogP contribution in [0.25, 0.3) is 0 Å². The fourth-order valence-corrected chi connectivity index (χ4v) is 5.39. The first-order valence-corrected chi connectivity index (χ1v) is 13.9. The van der Waals surface area contributed by atoms with Crippen molar-refractivity contribution in [2.45, 2.75) is 50.3 Å². The molecule has 2 fully saturated rings. The Morgan fingerprint density at radius 2 is 1.76 bits per heavy atom. The number of aryl methyl sites for hydroxylation is 1. The molecule has 11 heteroatoms. The third-order valence-electron chi connectivity index (χ3n) is 7.75. The predicted molar refractivity (Wildman–Crippen MR) is 146 cm³/mol. The summed E-state index contributed by atoms with van der Waals surface area (Å²) in [6.07, 6.45) is 1.74. The number of aliphatic hydroxyl groups is 1. The summed E-state index contributed by atoms with van der Waals surface area (Å²) in [4.78, 5) is 28.8.